The highest BCUT2D eigenvalue weighted by atomic mass is 16.3. The lowest BCUT2D eigenvalue weighted by molar-refractivity contribution is 0.130. The fourth-order valence-corrected chi connectivity index (χ4v) is 2.58. The molecule has 2 nitrogen and oxygen atoms in total. The Hall–Kier alpha value is -0.860. The van der Waals surface area contributed by atoms with Gasteiger partial charge in [-0.3, -0.25) is 0 Å². The van der Waals surface area contributed by atoms with Crippen molar-refractivity contribution in [3.63, 3.8) is 0 Å². The average Bonchev–Trinajstić information content (AvgIpc) is 2.65. The Kier molecular flexibility index (Phi) is 3.85. The van der Waals surface area contributed by atoms with Crippen LogP contribution in [0.1, 0.15) is 44.4 Å². The minimum absolute atomic E-state index is 0.107. The maximum atomic E-state index is 10.2. The number of benzene rings is 1. The number of rotatable bonds is 4. The first kappa shape index (κ1) is 12.6. The van der Waals surface area contributed by atoms with Gasteiger partial charge in [-0.2, -0.15) is 0 Å². The normalized spacial score (nSPS) is 26.6. The van der Waals surface area contributed by atoms with Crippen molar-refractivity contribution in [2.24, 2.45) is 5.92 Å². The van der Waals surface area contributed by atoms with Gasteiger partial charge in [0.25, 0.3) is 0 Å². The van der Waals surface area contributed by atoms with E-state index < -0.39 is 0 Å². The molecule has 2 heteroatoms. The molecule has 2 N–H and O–H groups in total. The summed E-state index contributed by atoms with van der Waals surface area (Å²) in [6.45, 7) is 6.68. The second kappa shape index (κ2) is 5.19. The van der Waals surface area contributed by atoms with Crippen molar-refractivity contribution in [2.45, 2.75) is 51.8 Å². The zero-order chi connectivity index (χ0) is 12.4. The molecule has 0 spiro atoms. The summed E-state index contributed by atoms with van der Waals surface area (Å²) in [5, 5.41) is 13.7. The SMILES string of the molecule is CCC(C)C(C)NC1c2ccccc2CC1O. The zero-order valence-electron chi connectivity index (χ0n) is 11.0. The van der Waals surface area contributed by atoms with Crippen LogP contribution in [0.5, 0.6) is 0 Å². The smallest absolute Gasteiger partial charge is 0.0775 e. The van der Waals surface area contributed by atoms with Gasteiger partial charge in [0, 0.05) is 12.5 Å². The highest BCUT2D eigenvalue weighted by molar-refractivity contribution is 5.36. The summed E-state index contributed by atoms with van der Waals surface area (Å²) in [5.41, 5.74) is 2.56. The third-order valence-corrected chi connectivity index (χ3v) is 4.14. The molecule has 17 heavy (non-hydrogen) atoms. The lowest BCUT2D eigenvalue weighted by Gasteiger charge is -2.26. The van der Waals surface area contributed by atoms with Gasteiger partial charge in [0.15, 0.2) is 0 Å². The molecule has 1 aliphatic carbocycles. The van der Waals surface area contributed by atoms with E-state index in [1.165, 1.54) is 17.5 Å². The molecule has 4 unspecified atom stereocenters. The number of nitrogens with one attached hydrogen (secondary N) is 1. The minimum Gasteiger partial charge on any atom is -0.391 e. The Morgan fingerprint density at radius 1 is 1.35 bits per heavy atom. The van der Waals surface area contributed by atoms with Crippen molar-refractivity contribution < 1.29 is 5.11 Å². The van der Waals surface area contributed by atoms with E-state index in [2.05, 4.69) is 44.3 Å². The molecular formula is C15H23NO. The Labute approximate surface area is 104 Å². The summed E-state index contributed by atoms with van der Waals surface area (Å²) in [5.74, 6) is 0.634. The highest BCUT2D eigenvalue weighted by Gasteiger charge is 2.31. The fraction of sp³-hybridized carbons (Fsp3) is 0.600. The predicted molar refractivity (Wildman–Crippen MR) is 70.9 cm³/mol. The van der Waals surface area contributed by atoms with Gasteiger partial charge >= 0.3 is 0 Å². The van der Waals surface area contributed by atoms with Gasteiger partial charge in [0.2, 0.25) is 0 Å². The van der Waals surface area contributed by atoms with Gasteiger partial charge in [-0.05, 0) is 24.0 Å². The molecule has 0 heterocycles. The summed E-state index contributed by atoms with van der Waals surface area (Å²) < 4.78 is 0. The van der Waals surface area contributed by atoms with Crippen LogP contribution in [0.15, 0.2) is 24.3 Å². The van der Waals surface area contributed by atoms with Crippen LogP contribution in [-0.4, -0.2) is 17.3 Å². The molecule has 4 atom stereocenters. The number of aliphatic hydroxyl groups is 1. The topological polar surface area (TPSA) is 32.3 Å². The second-order valence-corrected chi connectivity index (χ2v) is 5.29. The highest BCUT2D eigenvalue weighted by Crippen LogP contribution is 2.32. The van der Waals surface area contributed by atoms with Crippen LogP contribution in [0.25, 0.3) is 0 Å². The Morgan fingerprint density at radius 2 is 2.06 bits per heavy atom. The number of hydrogen-bond acceptors (Lipinski definition) is 2. The van der Waals surface area contributed by atoms with E-state index in [1.54, 1.807) is 0 Å². The van der Waals surface area contributed by atoms with E-state index in [0.717, 1.165) is 6.42 Å². The van der Waals surface area contributed by atoms with E-state index in [4.69, 9.17) is 0 Å². The number of hydrogen-bond donors (Lipinski definition) is 2. The van der Waals surface area contributed by atoms with Gasteiger partial charge in [-0.25, -0.2) is 0 Å². The van der Waals surface area contributed by atoms with Crippen molar-refractivity contribution in [3.8, 4) is 0 Å². The molecule has 0 bridgehead atoms. The van der Waals surface area contributed by atoms with Gasteiger partial charge in [0.1, 0.15) is 0 Å². The van der Waals surface area contributed by atoms with Crippen molar-refractivity contribution in [2.75, 3.05) is 0 Å². The third kappa shape index (κ3) is 2.53. The van der Waals surface area contributed by atoms with E-state index in [-0.39, 0.29) is 12.1 Å². The second-order valence-electron chi connectivity index (χ2n) is 5.29. The summed E-state index contributed by atoms with van der Waals surface area (Å²) in [7, 11) is 0. The maximum absolute atomic E-state index is 10.2. The number of fused-ring (bicyclic) bond motifs is 1. The monoisotopic (exact) mass is 233 g/mol. The quantitative estimate of drug-likeness (QED) is 0.838. The molecule has 0 aromatic heterocycles. The van der Waals surface area contributed by atoms with Crippen LogP contribution in [0.3, 0.4) is 0 Å². The Balaban J connectivity index is 2.11. The molecule has 1 aliphatic rings. The predicted octanol–water partition coefficient (Wildman–Crippen LogP) is 2.67. The fourth-order valence-electron chi connectivity index (χ4n) is 2.58. The van der Waals surface area contributed by atoms with Crippen LogP contribution in [0, 0.1) is 5.92 Å². The Morgan fingerprint density at radius 3 is 2.76 bits per heavy atom. The molecule has 0 aliphatic heterocycles. The summed E-state index contributed by atoms with van der Waals surface area (Å²) in [4.78, 5) is 0. The van der Waals surface area contributed by atoms with Gasteiger partial charge in [-0.15, -0.1) is 0 Å². The van der Waals surface area contributed by atoms with Crippen molar-refractivity contribution >= 4 is 0 Å². The van der Waals surface area contributed by atoms with E-state index in [1.807, 2.05) is 6.07 Å². The first-order chi connectivity index (χ1) is 8.13. The molecular weight excluding hydrogens is 210 g/mol. The maximum Gasteiger partial charge on any atom is 0.0775 e. The molecule has 0 saturated carbocycles. The molecule has 94 valence electrons. The van der Waals surface area contributed by atoms with Crippen molar-refractivity contribution in [1.29, 1.82) is 0 Å². The van der Waals surface area contributed by atoms with Crippen LogP contribution in [-0.2, 0) is 6.42 Å². The molecule has 2 rings (SSSR count). The van der Waals surface area contributed by atoms with Crippen LogP contribution in [0.4, 0.5) is 0 Å². The standard InChI is InChI=1S/C15H23NO/c1-4-10(2)11(3)16-15-13-8-6-5-7-12(13)9-14(15)17/h5-8,10-11,14-17H,4,9H2,1-3H3. The van der Waals surface area contributed by atoms with Crippen LogP contribution in [0.2, 0.25) is 0 Å². The lowest BCUT2D eigenvalue weighted by atomic mass is 9.98. The van der Waals surface area contributed by atoms with E-state index in [9.17, 15) is 5.11 Å². The largest absolute Gasteiger partial charge is 0.391 e. The molecule has 0 amide bonds. The molecule has 1 aromatic carbocycles. The summed E-state index contributed by atoms with van der Waals surface area (Å²) in [6, 6.07) is 8.90. The van der Waals surface area contributed by atoms with Crippen LogP contribution >= 0.6 is 0 Å². The summed E-state index contributed by atoms with van der Waals surface area (Å²) in [6.07, 6.45) is 1.67. The van der Waals surface area contributed by atoms with Crippen molar-refractivity contribution in [3.05, 3.63) is 35.4 Å². The molecule has 0 fully saturated rings. The minimum atomic E-state index is -0.279. The number of aliphatic hydroxyl groups excluding tert-OH is 1. The first-order valence-electron chi connectivity index (χ1n) is 6.65. The van der Waals surface area contributed by atoms with Gasteiger partial charge in [0.05, 0.1) is 12.1 Å². The van der Waals surface area contributed by atoms with E-state index >= 15 is 0 Å². The average molecular weight is 233 g/mol. The van der Waals surface area contributed by atoms with Gasteiger partial charge < -0.3 is 10.4 Å². The Bertz CT molecular complexity index is 377. The molecule has 1 aromatic rings. The third-order valence-electron chi connectivity index (χ3n) is 4.14. The van der Waals surface area contributed by atoms with Gasteiger partial charge in [-0.1, -0.05) is 44.5 Å². The van der Waals surface area contributed by atoms with Crippen LogP contribution < -0.4 is 5.32 Å². The molecule has 0 radical (unpaired) electrons. The first-order valence-corrected chi connectivity index (χ1v) is 6.65. The molecule has 0 saturated heterocycles. The zero-order valence-corrected chi connectivity index (χ0v) is 11.0. The summed E-state index contributed by atoms with van der Waals surface area (Å²) >= 11 is 0. The lowest BCUT2D eigenvalue weighted by Crippen LogP contribution is -2.38. The van der Waals surface area contributed by atoms with Crippen molar-refractivity contribution in [1.82, 2.24) is 5.32 Å². The van der Waals surface area contributed by atoms with E-state index in [0.29, 0.717) is 12.0 Å².